The molecular formula is C23H23Cl2N5OS. The molecule has 2 aromatic carbocycles. The summed E-state index contributed by atoms with van der Waals surface area (Å²) in [6.07, 6.45) is 0.725. The van der Waals surface area contributed by atoms with Crippen molar-refractivity contribution in [2.24, 2.45) is 0 Å². The lowest BCUT2D eigenvalue weighted by Gasteiger charge is -2.40. The van der Waals surface area contributed by atoms with E-state index in [0.717, 1.165) is 59.6 Å². The lowest BCUT2D eigenvalue weighted by molar-refractivity contribution is 0.211. The van der Waals surface area contributed by atoms with Crippen molar-refractivity contribution in [3.63, 3.8) is 0 Å². The number of aromatic hydroxyl groups is 1. The van der Waals surface area contributed by atoms with Crippen molar-refractivity contribution in [3.05, 3.63) is 74.8 Å². The van der Waals surface area contributed by atoms with Gasteiger partial charge in [-0.05, 0) is 29.8 Å². The van der Waals surface area contributed by atoms with Gasteiger partial charge in [0.2, 0.25) is 10.8 Å². The van der Waals surface area contributed by atoms with Gasteiger partial charge in [0, 0.05) is 48.3 Å². The Kier molecular flexibility index (Phi) is 5.99. The van der Waals surface area contributed by atoms with Gasteiger partial charge in [-0.1, -0.05) is 65.7 Å². The minimum atomic E-state index is -0.177. The lowest BCUT2D eigenvalue weighted by Crippen LogP contribution is -2.47. The molecule has 1 atom stereocenters. The fourth-order valence-electron chi connectivity index (χ4n) is 4.23. The first-order valence-corrected chi connectivity index (χ1v) is 12.2. The van der Waals surface area contributed by atoms with Crippen LogP contribution >= 0.6 is 34.5 Å². The van der Waals surface area contributed by atoms with Crippen LogP contribution < -0.4 is 4.90 Å². The third-order valence-electron chi connectivity index (χ3n) is 5.86. The van der Waals surface area contributed by atoms with E-state index < -0.39 is 0 Å². The predicted molar refractivity (Wildman–Crippen MR) is 130 cm³/mol. The second-order valence-corrected chi connectivity index (χ2v) is 9.65. The van der Waals surface area contributed by atoms with Crippen LogP contribution in [0.3, 0.4) is 0 Å². The number of hydrogen-bond acceptors (Lipinski definition) is 6. The van der Waals surface area contributed by atoms with E-state index >= 15 is 0 Å². The SMILES string of the molecule is CCc1nc2sc([C@@H](c3ccccc3Cl)N3CCN(c4cccc(Cl)c4)CC3)c(O)n2n1. The molecule has 4 aromatic rings. The first-order chi connectivity index (χ1) is 15.5. The van der Waals surface area contributed by atoms with E-state index in [-0.39, 0.29) is 11.9 Å². The molecule has 0 saturated carbocycles. The molecule has 32 heavy (non-hydrogen) atoms. The van der Waals surface area contributed by atoms with E-state index in [2.05, 4.69) is 25.9 Å². The predicted octanol–water partition coefficient (Wildman–Crippen LogP) is 5.28. The molecule has 1 aliphatic heterocycles. The van der Waals surface area contributed by atoms with Gasteiger partial charge in [-0.15, -0.1) is 5.10 Å². The maximum absolute atomic E-state index is 11.1. The quantitative estimate of drug-likeness (QED) is 0.415. The molecule has 0 bridgehead atoms. The van der Waals surface area contributed by atoms with Gasteiger partial charge < -0.3 is 10.0 Å². The molecule has 6 nitrogen and oxygen atoms in total. The molecule has 0 spiro atoms. The van der Waals surface area contributed by atoms with Crippen molar-refractivity contribution < 1.29 is 5.11 Å². The fourth-order valence-corrected chi connectivity index (χ4v) is 5.78. The zero-order valence-electron chi connectivity index (χ0n) is 17.6. The first kappa shape index (κ1) is 21.5. The highest BCUT2D eigenvalue weighted by Gasteiger charge is 2.33. The zero-order valence-corrected chi connectivity index (χ0v) is 19.9. The summed E-state index contributed by atoms with van der Waals surface area (Å²) in [6.45, 7) is 5.33. The molecule has 2 aromatic heterocycles. The summed E-state index contributed by atoms with van der Waals surface area (Å²) < 4.78 is 1.55. The van der Waals surface area contributed by atoms with Crippen LogP contribution in [0.25, 0.3) is 4.96 Å². The number of thiazole rings is 1. The van der Waals surface area contributed by atoms with E-state index in [9.17, 15) is 5.11 Å². The number of halogens is 2. The van der Waals surface area contributed by atoms with Gasteiger partial charge in [0.1, 0.15) is 0 Å². The second-order valence-electron chi connectivity index (χ2n) is 7.79. The maximum Gasteiger partial charge on any atom is 0.230 e. The van der Waals surface area contributed by atoms with Crippen molar-refractivity contribution in [1.29, 1.82) is 0 Å². The Morgan fingerprint density at radius 2 is 1.84 bits per heavy atom. The highest BCUT2D eigenvalue weighted by Crippen LogP contribution is 2.42. The molecule has 0 aliphatic carbocycles. The summed E-state index contributed by atoms with van der Waals surface area (Å²) >= 11 is 14.3. The summed E-state index contributed by atoms with van der Waals surface area (Å²) in [5, 5.41) is 17.0. The van der Waals surface area contributed by atoms with E-state index in [4.69, 9.17) is 23.2 Å². The van der Waals surface area contributed by atoms with Gasteiger partial charge in [0.05, 0.1) is 10.9 Å². The number of nitrogens with zero attached hydrogens (tertiary/aromatic N) is 5. The van der Waals surface area contributed by atoms with Crippen molar-refractivity contribution in [2.45, 2.75) is 19.4 Å². The highest BCUT2D eigenvalue weighted by molar-refractivity contribution is 7.17. The van der Waals surface area contributed by atoms with E-state index in [0.29, 0.717) is 9.98 Å². The average Bonchev–Trinajstić information content (AvgIpc) is 3.35. The first-order valence-electron chi connectivity index (χ1n) is 10.6. The van der Waals surface area contributed by atoms with Crippen LogP contribution in [0.5, 0.6) is 5.88 Å². The monoisotopic (exact) mass is 487 g/mol. The summed E-state index contributed by atoms with van der Waals surface area (Å²) in [4.78, 5) is 10.8. The Bertz CT molecular complexity index is 1250. The van der Waals surface area contributed by atoms with E-state index in [1.807, 2.05) is 49.4 Å². The Labute approximate surface area is 200 Å². The molecule has 0 amide bonds. The third-order valence-corrected chi connectivity index (χ3v) is 7.51. The molecule has 0 radical (unpaired) electrons. The normalized spacial score (nSPS) is 16.0. The van der Waals surface area contributed by atoms with Gasteiger partial charge in [0.15, 0.2) is 5.82 Å². The number of anilines is 1. The summed E-state index contributed by atoms with van der Waals surface area (Å²) in [5.74, 6) is 0.863. The fraction of sp³-hybridized carbons (Fsp3) is 0.304. The standard InChI is InChI=1S/C23H23Cl2N5OS/c1-2-19-26-23-30(27-19)22(31)21(32-23)20(17-8-3-4-9-18(17)25)29-12-10-28(11-13-29)16-7-5-6-15(24)14-16/h3-9,14,20,31H,2,10-13H2,1H3/t20-/m1/s1. The summed E-state index contributed by atoms with van der Waals surface area (Å²) in [7, 11) is 0. The van der Waals surface area contributed by atoms with Crippen molar-refractivity contribution in [2.75, 3.05) is 31.1 Å². The number of fused-ring (bicyclic) bond motifs is 1. The molecular weight excluding hydrogens is 465 g/mol. The number of rotatable bonds is 5. The van der Waals surface area contributed by atoms with Crippen LogP contribution in [0.2, 0.25) is 10.0 Å². The van der Waals surface area contributed by atoms with Crippen LogP contribution in [-0.4, -0.2) is 50.8 Å². The molecule has 166 valence electrons. The Morgan fingerprint density at radius 1 is 1.06 bits per heavy atom. The second kappa shape index (κ2) is 8.90. The van der Waals surface area contributed by atoms with Gasteiger partial charge in [0.25, 0.3) is 0 Å². The summed E-state index contributed by atoms with van der Waals surface area (Å²) in [6, 6.07) is 15.6. The Hall–Kier alpha value is -2.32. The van der Waals surface area contributed by atoms with Crippen molar-refractivity contribution >= 4 is 45.2 Å². The van der Waals surface area contributed by atoms with Crippen LogP contribution in [0.15, 0.2) is 48.5 Å². The van der Waals surface area contributed by atoms with Gasteiger partial charge in [-0.3, -0.25) is 4.90 Å². The van der Waals surface area contributed by atoms with E-state index in [1.54, 1.807) is 4.52 Å². The molecule has 1 saturated heterocycles. The molecule has 5 rings (SSSR count). The van der Waals surface area contributed by atoms with Crippen LogP contribution in [0.1, 0.15) is 29.2 Å². The lowest BCUT2D eigenvalue weighted by atomic mass is 10.0. The number of aryl methyl sites for hydroxylation is 1. The Balaban J connectivity index is 1.49. The molecule has 1 N–H and O–H groups in total. The van der Waals surface area contributed by atoms with E-state index in [1.165, 1.54) is 11.3 Å². The molecule has 1 aliphatic rings. The number of piperazine rings is 1. The number of aromatic nitrogens is 3. The van der Waals surface area contributed by atoms with Gasteiger partial charge >= 0.3 is 0 Å². The van der Waals surface area contributed by atoms with Crippen LogP contribution in [0.4, 0.5) is 5.69 Å². The van der Waals surface area contributed by atoms with Crippen LogP contribution in [-0.2, 0) is 6.42 Å². The average molecular weight is 488 g/mol. The highest BCUT2D eigenvalue weighted by atomic mass is 35.5. The van der Waals surface area contributed by atoms with Gasteiger partial charge in [-0.25, -0.2) is 4.98 Å². The van der Waals surface area contributed by atoms with Crippen molar-refractivity contribution in [1.82, 2.24) is 19.5 Å². The largest absolute Gasteiger partial charge is 0.492 e. The maximum atomic E-state index is 11.1. The van der Waals surface area contributed by atoms with Gasteiger partial charge in [-0.2, -0.15) is 4.52 Å². The third kappa shape index (κ3) is 3.94. The minimum absolute atomic E-state index is 0.138. The summed E-state index contributed by atoms with van der Waals surface area (Å²) in [5.41, 5.74) is 2.10. The molecule has 1 fully saturated rings. The molecule has 3 heterocycles. The molecule has 0 unspecified atom stereocenters. The van der Waals surface area contributed by atoms with Crippen LogP contribution in [0, 0.1) is 0 Å². The topological polar surface area (TPSA) is 56.9 Å². The van der Waals surface area contributed by atoms with Crippen molar-refractivity contribution in [3.8, 4) is 5.88 Å². The number of benzene rings is 2. The number of hydrogen-bond donors (Lipinski definition) is 1. The molecule has 9 heteroatoms. The smallest absolute Gasteiger partial charge is 0.230 e. The minimum Gasteiger partial charge on any atom is -0.492 e. The zero-order chi connectivity index (χ0) is 22.2. The Morgan fingerprint density at radius 3 is 2.53 bits per heavy atom.